The lowest BCUT2D eigenvalue weighted by atomic mass is 9.94. The van der Waals surface area contributed by atoms with Gasteiger partial charge in [-0.15, -0.1) is 0 Å². The van der Waals surface area contributed by atoms with Crippen LogP contribution in [0.3, 0.4) is 0 Å². The molecule has 0 unspecified atom stereocenters. The maximum atomic E-state index is 14.9. The van der Waals surface area contributed by atoms with Crippen LogP contribution in [0.1, 0.15) is 89.0 Å². The van der Waals surface area contributed by atoms with Crippen LogP contribution in [0.25, 0.3) is 22.3 Å². The summed E-state index contributed by atoms with van der Waals surface area (Å²) in [5.74, 6) is -1.59. The molecule has 3 aliphatic heterocycles. The van der Waals surface area contributed by atoms with Gasteiger partial charge in [-0.25, -0.2) is 13.4 Å². The number of hydrogen-bond donors (Lipinski definition) is 2. The number of nitrogens with zero attached hydrogens (tertiary/aromatic N) is 4. The average Bonchev–Trinajstić information content (AvgIpc) is 4.17. The van der Waals surface area contributed by atoms with Gasteiger partial charge in [-0.2, -0.15) is 0 Å². The summed E-state index contributed by atoms with van der Waals surface area (Å²) in [6, 6.07) is 10.0. The van der Waals surface area contributed by atoms with Crippen molar-refractivity contribution >= 4 is 44.6 Å². The molecule has 0 radical (unpaired) electrons. The lowest BCUT2D eigenvalue weighted by molar-refractivity contribution is -0.145. The van der Waals surface area contributed by atoms with E-state index in [2.05, 4.69) is 15.0 Å². The summed E-state index contributed by atoms with van der Waals surface area (Å²) < 4.78 is 40.6. The number of rotatable bonds is 9. The summed E-state index contributed by atoms with van der Waals surface area (Å²) in [4.78, 5) is 70.0. The Morgan fingerprint density at radius 3 is 2.53 bits per heavy atom. The van der Waals surface area contributed by atoms with Crippen molar-refractivity contribution in [2.45, 2.75) is 113 Å². The zero-order chi connectivity index (χ0) is 41.3. The van der Waals surface area contributed by atoms with Crippen molar-refractivity contribution in [1.82, 2.24) is 29.8 Å². The van der Waals surface area contributed by atoms with Crippen LogP contribution in [0.4, 0.5) is 0 Å². The molecule has 5 atom stereocenters. The Morgan fingerprint density at radius 2 is 1.78 bits per heavy atom. The molecule has 2 N–H and O–H groups in total. The van der Waals surface area contributed by atoms with E-state index in [1.807, 2.05) is 60.4 Å². The number of ether oxygens (including phenoxy) is 2. The van der Waals surface area contributed by atoms with Crippen molar-refractivity contribution in [3.63, 3.8) is 0 Å². The smallest absolute Gasteiger partial charge is 0.259 e. The number of piperidine rings is 1. The minimum absolute atomic E-state index is 0.0477. The van der Waals surface area contributed by atoms with Gasteiger partial charge in [-0.3, -0.25) is 28.9 Å². The molecule has 2 saturated carbocycles. The monoisotopic (exact) mass is 826 g/mol. The highest BCUT2D eigenvalue weighted by atomic mass is 32.2. The van der Waals surface area contributed by atoms with Crippen LogP contribution in [-0.2, 0) is 29.2 Å². The number of pyridine rings is 2. The van der Waals surface area contributed by atoms with Crippen LogP contribution >= 0.6 is 0 Å². The first-order valence-electron chi connectivity index (χ1n) is 21.2. The Bertz CT molecular complexity index is 2240. The van der Waals surface area contributed by atoms with Gasteiger partial charge in [0.05, 0.1) is 35.8 Å². The third kappa shape index (κ3) is 8.66. The van der Waals surface area contributed by atoms with Crippen LogP contribution in [0.2, 0.25) is 0 Å². The predicted octanol–water partition coefficient (Wildman–Crippen LogP) is 4.98. The maximum absolute atomic E-state index is 14.9. The van der Waals surface area contributed by atoms with Crippen molar-refractivity contribution < 1.29 is 37.1 Å². The number of hydrogen-bond acceptors (Lipinski definition) is 10. The fourth-order valence-electron chi connectivity index (χ4n) is 8.99. The van der Waals surface area contributed by atoms with Crippen molar-refractivity contribution in [2.75, 3.05) is 26.7 Å². The second-order valence-electron chi connectivity index (χ2n) is 16.8. The molecule has 4 amide bonds. The van der Waals surface area contributed by atoms with Gasteiger partial charge in [0.15, 0.2) is 0 Å². The summed E-state index contributed by atoms with van der Waals surface area (Å²) >= 11 is 0. The van der Waals surface area contributed by atoms with Gasteiger partial charge in [0.2, 0.25) is 27.7 Å². The van der Waals surface area contributed by atoms with E-state index in [1.165, 1.54) is 4.90 Å². The molecule has 2 aromatic heterocycles. The zero-order valence-corrected chi connectivity index (χ0v) is 34.7. The van der Waals surface area contributed by atoms with E-state index >= 15 is 0 Å². The van der Waals surface area contributed by atoms with Crippen LogP contribution in [0.5, 0.6) is 11.5 Å². The number of sulfonamides is 1. The molecule has 3 aromatic rings. The van der Waals surface area contributed by atoms with Crippen LogP contribution in [-0.4, -0.2) is 101 Å². The van der Waals surface area contributed by atoms with Gasteiger partial charge in [0.25, 0.3) is 5.91 Å². The summed E-state index contributed by atoms with van der Waals surface area (Å²) in [5.41, 5.74) is 1.19. The topological polar surface area (TPSA) is 177 Å². The molecule has 5 heterocycles. The normalized spacial score (nSPS) is 27.1. The van der Waals surface area contributed by atoms with E-state index < -0.39 is 56.6 Å². The molecule has 5 aliphatic rings. The number of nitrogens with one attached hydrogen (secondary N) is 2. The SMILES string of the molecule is COc1ccc2c(O[C@@H]3C[C@H]4C(=O)N[C@]5(C(=O)NS(=O)(=O)C6CC6)C[C@H]5/C=C\CCCCC[C@H](CC(=O)N5CCCCC5)C(=O)N4C3)cc(-c3ccccn3)nc2c1C. The van der Waals surface area contributed by atoms with Crippen molar-refractivity contribution in [2.24, 2.45) is 11.8 Å². The van der Waals surface area contributed by atoms with Crippen LogP contribution in [0, 0.1) is 18.8 Å². The van der Waals surface area contributed by atoms with Gasteiger partial charge in [-0.05, 0) is 89.0 Å². The van der Waals surface area contributed by atoms with E-state index in [1.54, 1.807) is 13.3 Å². The number of carbonyl (C=O) groups is 4. The molecule has 2 aliphatic carbocycles. The van der Waals surface area contributed by atoms with Gasteiger partial charge in [-0.1, -0.05) is 31.1 Å². The van der Waals surface area contributed by atoms with Gasteiger partial charge >= 0.3 is 0 Å². The molecule has 4 fully saturated rings. The minimum atomic E-state index is -3.89. The molecule has 8 rings (SSSR count). The minimum Gasteiger partial charge on any atom is -0.496 e. The molecule has 2 saturated heterocycles. The fourth-order valence-corrected chi connectivity index (χ4v) is 10.3. The molecule has 314 valence electrons. The Labute approximate surface area is 345 Å². The third-order valence-corrected chi connectivity index (χ3v) is 14.5. The average molecular weight is 827 g/mol. The highest BCUT2D eigenvalue weighted by Crippen LogP contribution is 2.46. The van der Waals surface area contributed by atoms with Crippen LogP contribution < -0.4 is 19.5 Å². The maximum Gasteiger partial charge on any atom is 0.259 e. The molecule has 0 spiro atoms. The number of fused-ring (bicyclic) bond motifs is 3. The number of benzene rings is 1. The summed E-state index contributed by atoms with van der Waals surface area (Å²) in [6.07, 6.45) is 12.9. The summed E-state index contributed by atoms with van der Waals surface area (Å²) in [5, 5.41) is 3.06. The second kappa shape index (κ2) is 16.9. The Hall–Kier alpha value is -5.05. The first-order chi connectivity index (χ1) is 28.5. The van der Waals surface area contributed by atoms with E-state index in [0.29, 0.717) is 66.1 Å². The number of amides is 4. The Balaban J connectivity index is 1.13. The van der Waals surface area contributed by atoms with E-state index in [-0.39, 0.29) is 37.6 Å². The summed E-state index contributed by atoms with van der Waals surface area (Å²) in [7, 11) is -2.29. The van der Waals surface area contributed by atoms with E-state index in [0.717, 1.165) is 50.5 Å². The van der Waals surface area contributed by atoms with Gasteiger partial charge < -0.3 is 24.6 Å². The standard InChI is InChI=1S/C44H54N6O8S/c1-28-37(57-2)19-18-33-38(25-35(46-40(28)33)34-15-9-10-20-45-34)58-31-24-36-41(52)47-44(43(54)48-59(55,56)32-16-17-32)26-30(44)14-8-5-3-4-7-13-29(42(53)50(36)27-31)23-39(51)49-21-11-6-12-22-49/h8-10,14-15,18-20,25,29-32,36H,3-7,11-13,16-17,21-24,26-27H2,1-2H3,(H,47,52)(H,48,54)/b14-8-/t29-,30-,31-,36+,44-/m1/s1. The zero-order valence-electron chi connectivity index (χ0n) is 33.9. The molecular formula is C44H54N6O8S. The Morgan fingerprint density at radius 1 is 0.983 bits per heavy atom. The number of carbonyl (C=O) groups excluding carboxylic acids is 4. The lowest BCUT2D eigenvalue weighted by Crippen LogP contribution is -2.57. The number of allylic oxidation sites excluding steroid dienone is 1. The number of aryl methyl sites for hydroxylation is 1. The van der Waals surface area contributed by atoms with Crippen LogP contribution in [0.15, 0.2) is 54.7 Å². The Kier molecular flexibility index (Phi) is 11.7. The molecule has 15 heteroatoms. The van der Waals surface area contributed by atoms with Crippen molar-refractivity contribution in [3.05, 3.63) is 60.3 Å². The largest absolute Gasteiger partial charge is 0.496 e. The number of likely N-dealkylation sites (tertiary alicyclic amines) is 1. The quantitative estimate of drug-likeness (QED) is 0.280. The number of aromatic nitrogens is 2. The molecule has 0 bridgehead atoms. The highest BCUT2D eigenvalue weighted by Gasteiger charge is 2.62. The molecule has 14 nitrogen and oxygen atoms in total. The third-order valence-electron chi connectivity index (χ3n) is 12.7. The molecular weight excluding hydrogens is 773 g/mol. The lowest BCUT2D eigenvalue weighted by Gasteiger charge is -2.31. The first kappa shape index (κ1) is 40.7. The number of methoxy groups -OCH3 is 1. The highest BCUT2D eigenvalue weighted by molar-refractivity contribution is 7.91. The fraction of sp³-hybridized carbons (Fsp3) is 0.545. The van der Waals surface area contributed by atoms with E-state index in [9.17, 15) is 27.6 Å². The van der Waals surface area contributed by atoms with Gasteiger partial charge in [0, 0.05) is 61.0 Å². The molecule has 1 aromatic carbocycles. The summed E-state index contributed by atoms with van der Waals surface area (Å²) in [6.45, 7) is 3.32. The second-order valence-corrected chi connectivity index (χ2v) is 18.8. The van der Waals surface area contributed by atoms with Crippen molar-refractivity contribution in [3.8, 4) is 22.9 Å². The first-order valence-corrected chi connectivity index (χ1v) is 22.7. The van der Waals surface area contributed by atoms with Gasteiger partial charge in [0.1, 0.15) is 29.2 Å². The predicted molar refractivity (Wildman–Crippen MR) is 221 cm³/mol. The van der Waals surface area contributed by atoms with Crippen molar-refractivity contribution in [1.29, 1.82) is 0 Å². The molecule has 59 heavy (non-hydrogen) atoms. The van der Waals surface area contributed by atoms with E-state index in [4.69, 9.17) is 14.5 Å².